The third kappa shape index (κ3) is 6.16. The lowest BCUT2D eigenvalue weighted by atomic mass is 10.1. The fraction of sp³-hybridized carbons (Fsp3) is 0.467. The average molecular weight is 295 g/mol. The molecule has 2 N–H and O–H groups in total. The third-order valence-corrected chi connectivity index (χ3v) is 2.91. The van der Waals surface area contributed by atoms with Gasteiger partial charge in [-0.05, 0) is 24.1 Å². The molecule has 0 fully saturated rings. The smallest absolute Gasteiger partial charge is 0.407 e. The number of methoxy groups -OCH3 is 1. The Kier molecular flexibility index (Phi) is 7.08. The fourth-order valence-electron chi connectivity index (χ4n) is 1.69. The molecule has 0 aliphatic rings. The number of carboxylic acid groups (broad SMARTS) is 1. The van der Waals surface area contributed by atoms with Crippen LogP contribution in [-0.2, 0) is 16.0 Å². The Morgan fingerprint density at radius 3 is 2.48 bits per heavy atom. The van der Waals surface area contributed by atoms with Gasteiger partial charge in [0, 0.05) is 6.42 Å². The van der Waals surface area contributed by atoms with E-state index in [2.05, 4.69) is 17.0 Å². The number of unbranched alkanes of at least 4 members (excludes halogenated alkanes) is 1. The number of benzene rings is 1. The molecule has 1 atom stereocenters. The highest BCUT2D eigenvalue weighted by atomic mass is 16.5. The fourth-order valence-corrected chi connectivity index (χ4v) is 1.69. The SMILES string of the molecule is CCCCOc1ccc(C[C@H](NC(=O)OC)C(=O)O)cc1. The van der Waals surface area contributed by atoms with Gasteiger partial charge in [-0.15, -0.1) is 0 Å². The van der Waals surface area contributed by atoms with Gasteiger partial charge in [-0.2, -0.15) is 0 Å². The summed E-state index contributed by atoms with van der Waals surface area (Å²) in [6, 6.07) is 6.14. The number of alkyl carbamates (subject to hydrolysis) is 1. The largest absolute Gasteiger partial charge is 0.494 e. The minimum absolute atomic E-state index is 0.180. The second kappa shape index (κ2) is 8.84. The number of hydrogen-bond donors (Lipinski definition) is 2. The van der Waals surface area contributed by atoms with Crippen molar-refractivity contribution in [2.75, 3.05) is 13.7 Å². The number of aliphatic carboxylic acids is 1. The Balaban J connectivity index is 2.59. The zero-order valence-electron chi connectivity index (χ0n) is 12.3. The molecule has 0 spiro atoms. The molecule has 1 rings (SSSR count). The molecular formula is C15H21NO5. The highest BCUT2D eigenvalue weighted by molar-refractivity contribution is 5.80. The molecular weight excluding hydrogens is 274 g/mol. The van der Waals surface area contributed by atoms with Gasteiger partial charge in [0.15, 0.2) is 0 Å². The van der Waals surface area contributed by atoms with Gasteiger partial charge in [0.1, 0.15) is 11.8 Å². The van der Waals surface area contributed by atoms with Gasteiger partial charge in [-0.25, -0.2) is 9.59 Å². The Labute approximate surface area is 124 Å². The molecule has 0 aliphatic heterocycles. The predicted octanol–water partition coefficient (Wildman–Crippen LogP) is 2.22. The van der Waals surface area contributed by atoms with Gasteiger partial charge in [0.05, 0.1) is 13.7 Å². The van der Waals surface area contributed by atoms with Crippen LogP contribution < -0.4 is 10.1 Å². The molecule has 0 aromatic heterocycles. The lowest BCUT2D eigenvalue weighted by Gasteiger charge is -2.14. The van der Waals surface area contributed by atoms with E-state index in [1.807, 2.05) is 0 Å². The topological polar surface area (TPSA) is 84.9 Å². The molecule has 1 aromatic rings. The maximum atomic E-state index is 11.1. The van der Waals surface area contributed by atoms with Crippen molar-refractivity contribution >= 4 is 12.1 Å². The monoisotopic (exact) mass is 295 g/mol. The quantitative estimate of drug-likeness (QED) is 0.718. The lowest BCUT2D eigenvalue weighted by molar-refractivity contribution is -0.139. The van der Waals surface area contributed by atoms with Crippen molar-refractivity contribution < 1.29 is 24.2 Å². The molecule has 116 valence electrons. The molecule has 21 heavy (non-hydrogen) atoms. The second-order valence-electron chi connectivity index (χ2n) is 4.58. The van der Waals surface area contributed by atoms with Crippen LogP contribution in [0.15, 0.2) is 24.3 Å². The van der Waals surface area contributed by atoms with Gasteiger partial charge in [-0.1, -0.05) is 25.5 Å². The van der Waals surface area contributed by atoms with E-state index in [0.717, 1.165) is 24.2 Å². The van der Waals surface area contributed by atoms with E-state index in [1.54, 1.807) is 24.3 Å². The zero-order chi connectivity index (χ0) is 15.7. The number of rotatable bonds is 8. The summed E-state index contributed by atoms with van der Waals surface area (Å²) in [4.78, 5) is 22.2. The van der Waals surface area contributed by atoms with E-state index in [1.165, 1.54) is 7.11 Å². The summed E-state index contributed by atoms with van der Waals surface area (Å²) in [5.41, 5.74) is 0.793. The molecule has 0 saturated heterocycles. The van der Waals surface area contributed by atoms with Crippen LogP contribution in [0.1, 0.15) is 25.3 Å². The second-order valence-corrected chi connectivity index (χ2v) is 4.58. The number of ether oxygens (including phenoxy) is 2. The van der Waals surface area contributed by atoms with Crippen molar-refractivity contribution in [3.63, 3.8) is 0 Å². The highest BCUT2D eigenvalue weighted by Gasteiger charge is 2.20. The van der Waals surface area contributed by atoms with Crippen LogP contribution >= 0.6 is 0 Å². The molecule has 0 heterocycles. The van der Waals surface area contributed by atoms with Crippen molar-refractivity contribution in [3.8, 4) is 5.75 Å². The van der Waals surface area contributed by atoms with Gasteiger partial charge >= 0.3 is 12.1 Å². The summed E-state index contributed by atoms with van der Waals surface area (Å²) in [6.07, 6.45) is 1.48. The summed E-state index contributed by atoms with van der Waals surface area (Å²) in [7, 11) is 1.19. The Bertz CT molecular complexity index is 458. The summed E-state index contributed by atoms with van der Waals surface area (Å²) >= 11 is 0. The minimum atomic E-state index is -1.11. The molecule has 0 radical (unpaired) electrons. The standard InChI is InChI=1S/C15H21NO5/c1-3-4-9-21-12-7-5-11(6-8-12)10-13(14(17)18)16-15(19)20-2/h5-8,13H,3-4,9-10H2,1-2H3,(H,16,19)(H,17,18)/t13-/m0/s1. The molecule has 0 aliphatic carbocycles. The highest BCUT2D eigenvalue weighted by Crippen LogP contribution is 2.14. The van der Waals surface area contributed by atoms with Crippen molar-refractivity contribution in [2.24, 2.45) is 0 Å². The molecule has 0 bridgehead atoms. The summed E-state index contributed by atoms with van der Waals surface area (Å²) in [6.45, 7) is 2.75. The van der Waals surface area contributed by atoms with E-state index in [4.69, 9.17) is 9.84 Å². The van der Waals surface area contributed by atoms with Gasteiger partial charge < -0.3 is 19.9 Å². The van der Waals surface area contributed by atoms with Gasteiger partial charge in [0.2, 0.25) is 0 Å². The van der Waals surface area contributed by atoms with Crippen LogP contribution in [0.5, 0.6) is 5.75 Å². The average Bonchev–Trinajstić information content (AvgIpc) is 2.48. The number of hydrogen-bond acceptors (Lipinski definition) is 4. The number of nitrogens with one attached hydrogen (secondary N) is 1. The maximum Gasteiger partial charge on any atom is 0.407 e. The minimum Gasteiger partial charge on any atom is -0.494 e. The van der Waals surface area contributed by atoms with Gasteiger partial charge in [0.25, 0.3) is 0 Å². The molecule has 1 amide bonds. The lowest BCUT2D eigenvalue weighted by Crippen LogP contribution is -2.42. The summed E-state index contributed by atoms with van der Waals surface area (Å²) < 4.78 is 9.94. The van der Waals surface area contributed by atoms with Crippen molar-refractivity contribution in [2.45, 2.75) is 32.2 Å². The number of carbonyl (C=O) groups excluding carboxylic acids is 1. The van der Waals surface area contributed by atoms with Gasteiger partial charge in [-0.3, -0.25) is 0 Å². The third-order valence-electron chi connectivity index (χ3n) is 2.91. The van der Waals surface area contributed by atoms with Crippen molar-refractivity contribution in [1.82, 2.24) is 5.32 Å². The first-order valence-electron chi connectivity index (χ1n) is 6.85. The van der Waals surface area contributed by atoms with E-state index in [9.17, 15) is 9.59 Å². The van der Waals surface area contributed by atoms with Crippen LogP contribution in [0.25, 0.3) is 0 Å². The first-order chi connectivity index (χ1) is 10.1. The predicted molar refractivity (Wildman–Crippen MR) is 77.5 cm³/mol. The molecule has 1 aromatic carbocycles. The van der Waals surface area contributed by atoms with E-state index in [-0.39, 0.29) is 6.42 Å². The maximum absolute atomic E-state index is 11.1. The Morgan fingerprint density at radius 2 is 1.95 bits per heavy atom. The number of amides is 1. The first kappa shape index (κ1) is 16.8. The molecule has 6 nitrogen and oxygen atoms in total. The normalized spacial score (nSPS) is 11.5. The van der Waals surface area contributed by atoms with E-state index < -0.39 is 18.1 Å². The van der Waals surface area contributed by atoms with Crippen LogP contribution in [0.4, 0.5) is 4.79 Å². The Hall–Kier alpha value is -2.24. The van der Waals surface area contributed by atoms with Crippen molar-refractivity contribution in [3.05, 3.63) is 29.8 Å². The van der Waals surface area contributed by atoms with Crippen LogP contribution in [0.3, 0.4) is 0 Å². The zero-order valence-corrected chi connectivity index (χ0v) is 12.3. The Morgan fingerprint density at radius 1 is 1.29 bits per heavy atom. The number of carbonyl (C=O) groups is 2. The summed E-state index contributed by atoms with van der Waals surface area (Å²) in [5, 5.41) is 11.4. The molecule has 0 unspecified atom stereocenters. The van der Waals surface area contributed by atoms with E-state index in [0.29, 0.717) is 6.61 Å². The van der Waals surface area contributed by atoms with E-state index >= 15 is 0 Å². The van der Waals surface area contributed by atoms with Crippen LogP contribution in [0.2, 0.25) is 0 Å². The summed E-state index contributed by atoms with van der Waals surface area (Å²) in [5.74, 6) is -0.358. The molecule has 0 saturated carbocycles. The first-order valence-corrected chi connectivity index (χ1v) is 6.85. The van der Waals surface area contributed by atoms with Crippen LogP contribution in [0, 0.1) is 0 Å². The van der Waals surface area contributed by atoms with Crippen molar-refractivity contribution in [1.29, 1.82) is 0 Å². The molecule has 6 heteroatoms. The number of carboxylic acids is 1. The van der Waals surface area contributed by atoms with Crippen LogP contribution in [-0.4, -0.2) is 36.9 Å².